The standard InChI is InChI=1S/C17H32N4/c1-7-11-18-15(4)17-10-9-16(12-19-17)21(8-2)14(3)13-20(5)6/h9-10,12,14-15,18H,7-8,11,13H2,1-6H3. The van der Waals surface area contributed by atoms with Crippen LogP contribution < -0.4 is 10.2 Å². The monoisotopic (exact) mass is 292 g/mol. The van der Waals surface area contributed by atoms with Gasteiger partial charge in [-0.15, -0.1) is 0 Å². The van der Waals surface area contributed by atoms with E-state index in [0.29, 0.717) is 12.1 Å². The van der Waals surface area contributed by atoms with Gasteiger partial charge in [0.05, 0.1) is 17.6 Å². The van der Waals surface area contributed by atoms with Gasteiger partial charge in [-0.1, -0.05) is 6.92 Å². The van der Waals surface area contributed by atoms with Crippen molar-refractivity contribution in [1.29, 1.82) is 0 Å². The number of anilines is 1. The van der Waals surface area contributed by atoms with Crippen molar-refractivity contribution in [2.45, 2.75) is 46.2 Å². The largest absolute Gasteiger partial charge is 0.367 e. The van der Waals surface area contributed by atoms with Crippen molar-refractivity contribution in [2.24, 2.45) is 0 Å². The number of aromatic nitrogens is 1. The number of pyridine rings is 1. The minimum absolute atomic E-state index is 0.313. The van der Waals surface area contributed by atoms with Crippen LogP contribution >= 0.6 is 0 Å². The lowest BCUT2D eigenvalue weighted by Crippen LogP contribution is -2.40. The van der Waals surface area contributed by atoms with Crippen molar-refractivity contribution in [3.05, 3.63) is 24.0 Å². The molecule has 120 valence electrons. The SMILES string of the molecule is CCCNC(C)c1ccc(N(CC)C(C)CN(C)C)cn1. The van der Waals surface area contributed by atoms with Crippen LogP contribution in [0.3, 0.4) is 0 Å². The van der Waals surface area contributed by atoms with Gasteiger partial charge < -0.3 is 15.1 Å². The first-order valence-corrected chi connectivity index (χ1v) is 8.10. The van der Waals surface area contributed by atoms with Gasteiger partial charge in [-0.05, 0) is 60.0 Å². The highest BCUT2D eigenvalue weighted by atomic mass is 15.2. The van der Waals surface area contributed by atoms with Gasteiger partial charge in [0.2, 0.25) is 0 Å². The predicted molar refractivity (Wildman–Crippen MR) is 92.0 cm³/mol. The van der Waals surface area contributed by atoms with Gasteiger partial charge in [0, 0.05) is 25.2 Å². The summed E-state index contributed by atoms with van der Waals surface area (Å²) in [5.41, 5.74) is 2.32. The highest BCUT2D eigenvalue weighted by molar-refractivity contribution is 5.45. The minimum Gasteiger partial charge on any atom is -0.367 e. The van der Waals surface area contributed by atoms with Crippen LogP contribution in [0, 0.1) is 0 Å². The number of hydrogen-bond donors (Lipinski definition) is 1. The molecule has 21 heavy (non-hydrogen) atoms. The molecule has 1 heterocycles. The van der Waals surface area contributed by atoms with Crippen LogP contribution in [0.4, 0.5) is 5.69 Å². The molecule has 1 N–H and O–H groups in total. The Labute approximate surface area is 130 Å². The van der Waals surface area contributed by atoms with Gasteiger partial charge in [0.15, 0.2) is 0 Å². The molecular weight excluding hydrogens is 260 g/mol. The van der Waals surface area contributed by atoms with E-state index in [1.807, 2.05) is 6.20 Å². The second kappa shape index (κ2) is 9.00. The number of likely N-dealkylation sites (N-methyl/N-ethyl adjacent to an activating group) is 2. The molecule has 1 aromatic rings. The van der Waals surface area contributed by atoms with E-state index in [1.54, 1.807) is 0 Å². The summed E-state index contributed by atoms with van der Waals surface area (Å²) in [5, 5.41) is 3.48. The first kappa shape index (κ1) is 17.9. The average molecular weight is 292 g/mol. The molecule has 0 amide bonds. The average Bonchev–Trinajstić information content (AvgIpc) is 2.45. The van der Waals surface area contributed by atoms with Crippen LogP contribution in [0.15, 0.2) is 18.3 Å². The molecule has 1 rings (SSSR count). The van der Waals surface area contributed by atoms with Gasteiger partial charge in [0.1, 0.15) is 0 Å². The van der Waals surface area contributed by atoms with Gasteiger partial charge >= 0.3 is 0 Å². The van der Waals surface area contributed by atoms with Crippen LogP contribution in [0.1, 0.15) is 45.9 Å². The Kier molecular flexibility index (Phi) is 7.68. The molecule has 0 saturated heterocycles. The number of nitrogens with zero attached hydrogens (tertiary/aromatic N) is 3. The van der Waals surface area contributed by atoms with Crippen LogP contribution in [0.25, 0.3) is 0 Å². The molecule has 1 aromatic heterocycles. The molecule has 0 aromatic carbocycles. The summed E-state index contributed by atoms with van der Waals surface area (Å²) in [6.45, 7) is 11.9. The Morgan fingerprint density at radius 3 is 2.38 bits per heavy atom. The summed E-state index contributed by atoms with van der Waals surface area (Å²) in [5.74, 6) is 0. The quantitative estimate of drug-likeness (QED) is 0.758. The highest BCUT2D eigenvalue weighted by Gasteiger charge is 2.14. The third kappa shape index (κ3) is 5.64. The molecule has 0 aliphatic carbocycles. The molecular formula is C17H32N4. The Bertz CT molecular complexity index is 388. The molecule has 2 atom stereocenters. The first-order valence-electron chi connectivity index (χ1n) is 8.10. The van der Waals surface area contributed by atoms with E-state index in [4.69, 9.17) is 0 Å². The van der Waals surface area contributed by atoms with Crippen molar-refractivity contribution >= 4 is 5.69 Å². The molecule has 0 spiro atoms. The maximum absolute atomic E-state index is 4.64. The van der Waals surface area contributed by atoms with Crippen molar-refractivity contribution in [3.8, 4) is 0 Å². The summed E-state index contributed by atoms with van der Waals surface area (Å²) in [6.07, 6.45) is 3.16. The van der Waals surface area contributed by atoms with Crippen molar-refractivity contribution in [2.75, 3.05) is 38.6 Å². The van der Waals surface area contributed by atoms with Crippen LogP contribution in [0.2, 0.25) is 0 Å². The summed E-state index contributed by atoms with van der Waals surface area (Å²) in [7, 11) is 4.24. The molecule has 0 fully saturated rings. The van der Waals surface area contributed by atoms with Gasteiger partial charge in [-0.25, -0.2) is 0 Å². The highest BCUT2D eigenvalue weighted by Crippen LogP contribution is 2.18. The zero-order valence-electron chi connectivity index (χ0n) is 14.6. The van der Waals surface area contributed by atoms with E-state index in [9.17, 15) is 0 Å². The third-order valence-corrected chi connectivity index (χ3v) is 3.75. The van der Waals surface area contributed by atoms with Gasteiger partial charge in [0.25, 0.3) is 0 Å². The van der Waals surface area contributed by atoms with E-state index in [2.05, 4.69) is 74.0 Å². The Hall–Kier alpha value is -1.13. The van der Waals surface area contributed by atoms with E-state index in [-0.39, 0.29) is 0 Å². The molecule has 0 radical (unpaired) electrons. The van der Waals surface area contributed by atoms with Crippen molar-refractivity contribution < 1.29 is 0 Å². The third-order valence-electron chi connectivity index (χ3n) is 3.75. The Morgan fingerprint density at radius 1 is 1.19 bits per heavy atom. The lowest BCUT2D eigenvalue weighted by Gasteiger charge is -2.32. The van der Waals surface area contributed by atoms with Crippen LogP contribution in [-0.4, -0.2) is 49.7 Å². The summed E-state index contributed by atoms with van der Waals surface area (Å²) < 4.78 is 0. The summed E-state index contributed by atoms with van der Waals surface area (Å²) >= 11 is 0. The first-order chi connectivity index (χ1) is 9.99. The topological polar surface area (TPSA) is 31.4 Å². The fraction of sp³-hybridized carbons (Fsp3) is 0.706. The number of hydrogen-bond acceptors (Lipinski definition) is 4. The van der Waals surface area contributed by atoms with Crippen molar-refractivity contribution in [3.63, 3.8) is 0 Å². The van der Waals surface area contributed by atoms with Crippen LogP contribution in [-0.2, 0) is 0 Å². The molecule has 0 saturated carbocycles. The van der Waals surface area contributed by atoms with E-state index in [1.165, 1.54) is 5.69 Å². The molecule has 4 nitrogen and oxygen atoms in total. The maximum atomic E-state index is 4.64. The fourth-order valence-electron chi connectivity index (χ4n) is 2.66. The smallest absolute Gasteiger partial charge is 0.0572 e. The molecule has 0 aliphatic heterocycles. The minimum atomic E-state index is 0.313. The van der Waals surface area contributed by atoms with E-state index >= 15 is 0 Å². The lowest BCUT2D eigenvalue weighted by atomic mass is 10.2. The zero-order chi connectivity index (χ0) is 15.8. The fourth-order valence-corrected chi connectivity index (χ4v) is 2.66. The molecule has 2 unspecified atom stereocenters. The summed E-state index contributed by atoms with van der Waals surface area (Å²) in [6, 6.07) is 5.14. The van der Waals surface area contributed by atoms with E-state index in [0.717, 1.165) is 31.7 Å². The maximum Gasteiger partial charge on any atom is 0.0572 e. The molecule has 0 bridgehead atoms. The zero-order valence-corrected chi connectivity index (χ0v) is 14.6. The molecule has 4 heteroatoms. The second-order valence-electron chi connectivity index (χ2n) is 6.01. The van der Waals surface area contributed by atoms with Gasteiger partial charge in [-0.2, -0.15) is 0 Å². The normalized spacial score (nSPS) is 14.2. The second-order valence-corrected chi connectivity index (χ2v) is 6.01. The lowest BCUT2D eigenvalue weighted by molar-refractivity contribution is 0.373. The molecule has 0 aliphatic rings. The van der Waals surface area contributed by atoms with Crippen molar-refractivity contribution in [1.82, 2.24) is 15.2 Å². The summed E-state index contributed by atoms with van der Waals surface area (Å²) in [4.78, 5) is 9.28. The van der Waals surface area contributed by atoms with Gasteiger partial charge in [-0.3, -0.25) is 4.98 Å². The number of rotatable bonds is 9. The Balaban J connectivity index is 2.74. The Morgan fingerprint density at radius 2 is 1.90 bits per heavy atom. The van der Waals surface area contributed by atoms with Crippen LogP contribution in [0.5, 0.6) is 0 Å². The van der Waals surface area contributed by atoms with E-state index < -0.39 is 0 Å². The predicted octanol–water partition coefficient (Wildman–Crippen LogP) is 2.92. The number of nitrogens with one attached hydrogen (secondary N) is 1.